The van der Waals surface area contributed by atoms with Crippen LogP contribution in [-0.2, 0) is 4.79 Å². The summed E-state index contributed by atoms with van der Waals surface area (Å²) in [5.41, 5.74) is 3.49. The number of anilines is 2. The molecule has 3 aromatic rings. The first kappa shape index (κ1) is 22.6. The monoisotopic (exact) mass is 445 g/mol. The van der Waals surface area contributed by atoms with Crippen molar-refractivity contribution in [2.24, 2.45) is 0 Å². The van der Waals surface area contributed by atoms with Crippen LogP contribution in [0.5, 0.6) is 0 Å². The number of hydrogen-bond donors (Lipinski definition) is 1. The molecule has 1 saturated carbocycles. The molecule has 1 aliphatic carbocycles. The van der Waals surface area contributed by atoms with Gasteiger partial charge in [0, 0.05) is 31.5 Å². The Kier molecular flexibility index (Phi) is 6.82. The van der Waals surface area contributed by atoms with Gasteiger partial charge in [-0.05, 0) is 61.7 Å². The normalized spacial score (nSPS) is 14.6. The predicted octanol–water partition coefficient (Wildman–Crippen LogP) is 5.10. The minimum absolute atomic E-state index is 0.139. The first-order valence-electron chi connectivity index (χ1n) is 11.5. The van der Waals surface area contributed by atoms with Gasteiger partial charge in [0.05, 0.1) is 6.26 Å². The minimum atomic E-state index is -0.831. The number of benzene rings is 2. The van der Waals surface area contributed by atoms with Crippen LogP contribution < -0.4 is 15.1 Å². The summed E-state index contributed by atoms with van der Waals surface area (Å²) in [6, 6.07) is 18.0. The number of furan rings is 1. The average molecular weight is 446 g/mol. The zero-order valence-corrected chi connectivity index (χ0v) is 19.5. The Morgan fingerprint density at radius 1 is 0.939 bits per heavy atom. The summed E-state index contributed by atoms with van der Waals surface area (Å²) in [7, 11) is 3.94. The van der Waals surface area contributed by atoms with Gasteiger partial charge in [-0.15, -0.1) is 0 Å². The number of carbonyl (C=O) groups is 2. The van der Waals surface area contributed by atoms with Gasteiger partial charge >= 0.3 is 0 Å². The third-order valence-corrected chi connectivity index (χ3v) is 6.20. The van der Waals surface area contributed by atoms with E-state index in [1.54, 1.807) is 17.0 Å². The van der Waals surface area contributed by atoms with Gasteiger partial charge in [-0.1, -0.05) is 42.7 Å². The molecule has 0 saturated heterocycles. The number of carbonyl (C=O) groups excluding carboxylic acids is 2. The molecule has 6 nitrogen and oxygen atoms in total. The average Bonchev–Trinajstić information content (AvgIpc) is 3.52. The first-order chi connectivity index (χ1) is 15.9. The van der Waals surface area contributed by atoms with Gasteiger partial charge in [-0.2, -0.15) is 0 Å². The van der Waals surface area contributed by atoms with Crippen LogP contribution in [0.1, 0.15) is 53.4 Å². The highest BCUT2D eigenvalue weighted by molar-refractivity contribution is 6.08. The Balaban J connectivity index is 1.79. The van der Waals surface area contributed by atoms with Crippen molar-refractivity contribution >= 4 is 23.2 Å². The number of hydrogen-bond acceptors (Lipinski definition) is 4. The lowest BCUT2D eigenvalue weighted by atomic mass is 10.0. The molecule has 2 aromatic carbocycles. The maximum Gasteiger partial charge on any atom is 0.294 e. The minimum Gasteiger partial charge on any atom is -0.459 e. The fourth-order valence-corrected chi connectivity index (χ4v) is 4.33. The highest BCUT2D eigenvalue weighted by Gasteiger charge is 2.35. The van der Waals surface area contributed by atoms with Gasteiger partial charge in [0.1, 0.15) is 6.04 Å². The Labute approximate surface area is 195 Å². The van der Waals surface area contributed by atoms with E-state index in [4.69, 9.17) is 4.42 Å². The highest BCUT2D eigenvalue weighted by atomic mass is 16.3. The molecule has 4 rings (SSSR count). The smallest absolute Gasteiger partial charge is 0.294 e. The molecule has 1 aromatic heterocycles. The third-order valence-electron chi connectivity index (χ3n) is 6.20. The van der Waals surface area contributed by atoms with E-state index in [1.807, 2.05) is 74.4 Å². The molecule has 1 atom stereocenters. The Hall–Kier alpha value is -3.54. The fourth-order valence-electron chi connectivity index (χ4n) is 4.33. The summed E-state index contributed by atoms with van der Waals surface area (Å²) in [6.07, 6.45) is 5.63. The van der Waals surface area contributed by atoms with E-state index in [1.165, 1.54) is 6.26 Å². The van der Waals surface area contributed by atoms with Gasteiger partial charge in [-0.25, -0.2) is 0 Å². The molecule has 1 N–H and O–H groups in total. The lowest BCUT2D eigenvalue weighted by Gasteiger charge is -2.32. The van der Waals surface area contributed by atoms with E-state index in [0.29, 0.717) is 5.69 Å². The number of amides is 2. The van der Waals surface area contributed by atoms with Crippen LogP contribution in [0.25, 0.3) is 0 Å². The molecular formula is C27H31N3O3. The molecule has 33 heavy (non-hydrogen) atoms. The van der Waals surface area contributed by atoms with Crippen molar-refractivity contribution in [3.8, 4) is 0 Å². The second-order valence-electron chi connectivity index (χ2n) is 8.87. The Bertz CT molecular complexity index is 1070. The van der Waals surface area contributed by atoms with Crippen LogP contribution in [0.4, 0.5) is 11.4 Å². The van der Waals surface area contributed by atoms with Crippen molar-refractivity contribution in [3.63, 3.8) is 0 Å². The van der Waals surface area contributed by atoms with Gasteiger partial charge in [0.15, 0.2) is 5.76 Å². The van der Waals surface area contributed by atoms with Crippen LogP contribution >= 0.6 is 0 Å². The summed E-state index contributed by atoms with van der Waals surface area (Å²) in [4.78, 5) is 30.9. The van der Waals surface area contributed by atoms with Crippen molar-refractivity contribution in [2.75, 3.05) is 23.9 Å². The maximum absolute atomic E-state index is 13.7. The topological polar surface area (TPSA) is 65.8 Å². The molecule has 6 heteroatoms. The number of aryl methyl sites for hydroxylation is 1. The van der Waals surface area contributed by atoms with Crippen LogP contribution in [-0.4, -0.2) is 32.0 Å². The molecule has 2 amide bonds. The van der Waals surface area contributed by atoms with E-state index in [2.05, 4.69) is 5.32 Å². The maximum atomic E-state index is 13.7. The van der Waals surface area contributed by atoms with Gasteiger partial charge in [0.25, 0.3) is 5.91 Å². The summed E-state index contributed by atoms with van der Waals surface area (Å²) >= 11 is 0. The van der Waals surface area contributed by atoms with Crippen LogP contribution in [0, 0.1) is 6.92 Å². The molecule has 1 aliphatic rings. The molecule has 1 heterocycles. The van der Waals surface area contributed by atoms with E-state index in [9.17, 15) is 9.59 Å². The van der Waals surface area contributed by atoms with Crippen molar-refractivity contribution in [1.82, 2.24) is 5.32 Å². The molecule has 0 unspecified atom stereocenters. The quantitative estimate of drug-likeness (QED) is 0.549. The zero-order valence-electron chi connectivity index (χ0n) is 19.5. The number of nitrogens with one attached hydrogen (secondary N) is 1. The zero-order chi connectivity index (χ0) is 23.4. The van der Waals surface area contributed by atoms with Crippen molar-refractivity contribution in [3.05, 3.63) is 83.8 Å². The molecule has 1 fully saturated rings. The molecular weight excluding hydrogens is 414 g/mol. The number of rotatable bonds is 7. The summed E-state index contributed by atoms with van der Waals surface area (Å²) in [5.74, 6) is -0.341. The van der Waals surface area contributed by atoms with Gasteiger partial charge < -0.3 is 14.6 Å². The number of nitrogens with zero attached hydrogens (tertiary/aromatic N) is 2. The van der Waals surface area contributed by atoms with E-state index >= 15 is 0 Å². The predicted molar refractivity (Wildman–Crippen MR) is 131 cm³/mol. The summed E-state index contributed by atoms with van der Waals surface area (Å²) < 4.78 is 5.44. The largest absolute Gasteiger partial charge is 0.459 e. The highest BCUT2D eigenvalue weighted by Crippen LogP contribution is 2.32. The van der Waals surface area contributed by atoms with E-state index in [0.717, 1.165) is 42.5 Å². The van der Waals surface area contributed by atoms with Crippen molar-refractivity contribution < 1.29 is 14.0 Å². The Morgan fingerprint density at radius 3 is 2.15 bits per heavy atom. The molecule has 0 bridgehead atoms. The first-order valence-corrected chi connectivity index (χ1v) is 11.5. The lowest BCUT2D eigenvalue weighted by Crippen LogP contribution is -2.46. The SMILES string of the molecule is Cc1ccc(N(C(=O)c2ccco2)[C@H](C(=O)NC2CCCC2)c2ccc(N(C)C)cc2)cc1. The van der Waals surface area contributed by atoms with Crippen LogP contribution in [0.3, 0.4) is 0 Å². The molecule has 172 valence electrons. The molecule has 0 radical (unpaired) electrons. The van der Waals surface area contributed by atoms with Crippen LogP contribution in [0.15, 0.2) is 71.3 Å². The van der Waals surface area contributed by atoms with Crippen LogP contribution in [0.2, 0.25) is 0 Å². The van der Waals surface area contributed by atoms with Crippen molar-refractivity contribution in [1.29, 1.82) is 0 Å². The molecule has 0 spiro atoms. The summed E-state index contributed by atoms with van der Waals surface area (Å²) in [6.45, 7) is 1.99. The van der Waals surface area contributed by atoms with Gasteiger partial charge in [0.2, 0.25) is 5.91 Å². The molecule has 0 aliphatic heterocycles. The van der Waals surface area contributed by atoms with E-state index in [-0.39, 0.29) is 23.6 Å². The second kappa shape index (κ2) is 9.94. The Morgan fingerprint density at radius 2 is 1.58 bits per heavy atom. The fraction of sp³-hybridized carbons (Fsp3) is 0.333. The third kappa shape index (κ3) is 5.11. The van der Waals surface area contributed by atoms with E-state index < -0.39 is 6.04 Å². The standard InChI is InChI=1S/C27H31N3O3/c1-19-10-14-23(15-11-19)30(27(32)24-9-6-18-33-24)25(26(31)28-21-7-4-5-8-21)20-12-16-22(17-13-20)29(2)3/h6,9-18,21,25H,4-5,7-8H2,1-3H3,(H,28,31)/t25-/m0/s1. The lowest BCUT2D eigenvalue weighted by molar-refractivity contribution is -0.123. The van der Waals surface area contributed by atoms with Crippen molar-refractivity contribution in [2.45, 2.75) is 44.7 Å². The summed E-state index contributed by atoms with van der Waals surface area (Å²) in [5, 5.41) is 3.20. The second-order valence-corrected chi connectivity index (χ2v) is 8.87. The van der Waals surface area contributed by atoms with Gasteiger partial charge in [-0.3, -0.25) is 14.5 Å².